The lowest BCUT2D eigenvalue weighted by Crippen LogP contribution is -2.48. The molecule has 0 N–H and O–H groups in total. The van der Waals surface area contributed by atoms with Crippen molar-refractivity contribution in [1.29, 1.82) is 0 Å². The first kappa shape index (κ1) is 13.4. The topological polar surface area (TPSA) is 31.4 Å². The van der Waals surface area contributed by atoms with Crippen LogP contribution in [0.5, 0.6) is 5.75 Å². The first-order valence-corrected chi connectivity index (χ1v) is 8.16. The molecule has 0 amide bonds. The molecule has 1 aromatic heterocycles. The molecule has 0 bridgehead atoms. The molecule has 2 fully saturated rings. The smallest absolute Gasteiger partial charge is 0.142 e. The first-order valence-electron chi connectivity index (χ1n) is 7.04. The van der Waals surface area contributed by atoms with Crippen LogP contribution in [0.4, 0.5) is 0 Å². The molecule has 2 heterocycles. The number of alkyl halides is 1. The number of nitrogens with zero attached hydrogens (tertiary/aromatic N) is 1. The minimum Gasteiger partial charge on any atom is -0.488 e. The van der Waals surface area contributed by atoms with Crippen molar-refractivity contribution in [1.82, 2.24) is 4.98 Å². The molecule has 1 atom stereocenters. The lowest BCUT2D eigenvalue weighted by atomic mass is 9.74. The molecule has 104 valence electrons. The van der Waals surface area contributed by atoms with E-state index in [1.165, 1.54) is 19.3 Å². The molecular formula is C15H20BrNO2. The molecule has 1 aromatic rings. The van der Waals surface area contributed by atoms with Crippen LogP contribution in [0.15, 0.2) is 12.1 Å². The highest BCUT2D eigenvalue weighted by Crippen LogP contribution is 2.43. The second kappa shape index (κ2) is 5.41. The van der Waals surface area contributed by atoms with Crippen molar-refractivity contribution >= 4 is 15.9 Å². The van der Waals surface area contributed by atoms with Crippen LogP contribution in [0.1, 0.15) is 43.5 Å². The highest BCUT2D eigenvalue weighted by molar-refractivity contribution is 9.08. The van der Waals surface area contributed by atoms with Crippen LogP contribution >= 0.6 is 15.9 Å². The summed E-state index contributed by atoms with van der Waals surface area (Å²) in [6, 6.07) is 4.06. The highest BCUT2D eigenvalue weighted by atomic mass is 79.9. The maximum Gasteiger partial charge on any atom is 0.142 e. The van der Waals surface area contributed by atoms with Gasteiger partial charge in [-0.05, 0) is 38.3 Å². The van der Waals surface area contributed by atoms with Crippen LogP contribution in [0, 0.1) is 6.92 Å². The molecule has 3 rings (SSSR count). The molecule has 1 saturated carbocycles. The molecule has 0 radical (unpaired) electrons. The summed E-state index contributed by atoms with van der Waals surface area (Å²) < 4.78 is 12.1. The predicted molar refractivity (Wildman–Crippen MR) is 77.8 cm³/mol. The van der Waals surface area contributed by atoms with Gasteiger partial charge in [-0.15, -0.1) is 0 Å². The number of hydrogen-bond donors (Lipinski definition) is 0. The molecule has 2 aliphatic rings. The first-order chi connectivity index (χ1) is 9.21. The van der Waals surface area contributed by atoms with Crippen LogP contribution in [0.3, 0.4) is 0 Å². The Morgan fingerprint density at radius 1 is 1.47 bits per heavy atom. The van der Waals surface area contributed by atoms with Crippen molar-refractivity contribution in [3.63, 3.8) is 0 Å². The van der Waals surface area contributed by atoms with Gasteiger partial charge >= 0.3 is 0 Å². The number of aryl methyl sites for hydroxylation is 1. The standard InChI is InChI=1S/C15H20BrNO2/c1-11-3-4-14(13(10-16)17-11)19-12-5-8-18-15(9-12)6-2-7-15/h3-4,12H,2,5-10H2,1H3. The summed E-state index contributed by atoms with van der Waals surface area (Å²) in [6.07, 6.45) is 5.98. The van der Waals surface area contributed by atoms with Crippen molar-refractivity contribution in [3.05, 3.63) is 23.5 Å². The van der Waals surface area contributed by atoms with E-state index in [9.17, 15) is 0 Å². The van der Waals surface area contributed by atoms with Crippen molar-refractivity contribution in [2.24, 2.45) is 0 Å². The van der Waals surface area contributed by atoms with E-state index in [4.69, 9.17) is 9.47 Å². The zero-order valence-corrected chi connectivity index (χ0v) is 12.9. The second-order valence-electron chi connectivity index (χ2n) is 5.65. The van der Waals surface area contributed by atoms with Crippen LogP contribution < -0.4 is 4.74 Å². The molecule has 4 heteroatoms. The molecular weight excluding hydrogens is 306 g/mol. The summed E-state index contributed by atoms with van der Waals surface area (Å²) >= 11 is 3.49. The van der Waals surface area contributed by atoms with Crippen molar-refractivity contribution < 1.29 is 9.47 Å². The van der Waals surface area contributed by atoms with Gasteiger partial charge in [-0.2, -0.15) is 0 Å². The van der Waals surface area contributed by atoms with Gasteiger partial charge in [0.2, 0.25) is 0 Å². The highest BCUT2D eigenvalue weighted by Gasteiger charge is 2.43. The Morgan fingerprint density at radius 2 is 2.32 bits per heavy atom. The molecule has 19 heavy (non-hydrogen) atoms. The SMILES string of the molecule is Cc1ccc(OC2CCOC3(CCC3)C2)c(CBr)n1. The molecule has 0 aromatic carbocycles. The third kappa shape index (κ3) is 2.79. The van der Waals surface area contributed by atoms with E-state index in [0.717, 1.165) is 41.9 Å². The van der Waals surface area contributed by atoms with Gasteiger partial charge in [0.05, 0.1) is 17.9 Å². The fourth-order valence-electron chi connectivity index (χ4n) is 2.98. The molecule has 1 unspecified atom stereocenters. The van der Waals surface area contributed by atoms with Crippen LogP contribution in [0.2, 0.25) is 0 Å². The summed E-state index contributed by atoms with van der Waals surface area (Å²) in [5.41, 5.74) is 2.16. The van der Waals surface area contributed by atoms with Gasteiger partial charge in [0.1, 0.15) is 11.9 Å². The average molecular weight is 326 g/mol. The van der Waals surface area contributed by atoms with E-state index in [2.05, 4.69) is 20.9 Å². The van der Waals surface area contributed by atoms with Crippen molar-refractivity contribution in [2.45, 2.75) is 56.1 Å². The van der Waals surface area contributed by atoms with Gasteiger partial charge in [-0.25, -0.2) is 0 Å². The lowest BCUT2D eigenvalue weighted by molar-refractivity contribution is -0.153. The van der Waals surface area contributed by atoms with Gasteiger partial charge in [0.25, 0.3) is 0 Å². The van der Waals surface area contributed by atoms with Gasteiger partial charge in [-0.1, -0.05) is 15.9 Å². The minimum absolute atomic E-state index is 0.135. The molecule has 1 aliphatic carbocycles. The predicted octanol–water partition coefficient (Wildman–Crippen LogP) is 3.77. The fourth-order valence-corrected chi connectivity index (χ4v) is 3.38. The van der Waals surface area contributed by atoms with Crippen LogP contribution in [-0.4, -0.2) is 23.3 Å². The van der Waals surface area contributed by atoms with Crippen molar-refractivity contribution in [2.75, 3.05) is 6.61 Å². The van der Waals surface area contributed by atoms with E-state index in [1.807, 2.05) is 19.1 Å². The average Bonchev–Trinajstić information content (AvgIpc) is 2.39. The Labute approximate surface area is 122 Å². The van der Waals surface area contributed by atoms with Crippen LogP contribution in [0.25, 0.3) is 0 Å². The zero-order chi connectivity index (χ0) is 13.3. The van der Waals surface area contributed by atoms with E-state index >= 15 is 0 Å². The van der Waals surface area contributed by atoms with Gasteiger partial charge in [0.15, 0.2) is 0 Å². The van der Waals surface area contributed by atoms with E-state index in [-0.39, 0.29) is 11.7 Å². The maximum atomic E-state index is 6.19. The Bertz CT molecular complexity index is 459. The monoisotopic (exact) mass is 325 g/mol. The summed E-state index contributed by atoms with van der Waals surface area (Å²) in [7, 11) is 0. The van der Waals surface area contributed by atoms with Gasteiger partial charge < -0.3 is 9.47 Å². The number of ether oxygens (including phenoxy) is 2. The quantitative estimate of drug-likeness (QED) is 0.793. The Morgan fingerprint density at radius 3 is 3.00 bits per heavy atom. The zero-order valence-electron chi connectivity index (χ0n) is 11.3. The maximum absolute atomic E-state index is 6.19. The fraction of sp³-hybridized carbons (Fsp3) is 0.667. The molecule has 1 spiro atoms. The van der Waals surface area contributed by atoms with E-state index in [1.54, 1.807) is 0 Å². The third-order valence-corrected chi connectivity index (χ3v) is 4.74. The Hall–Kier alpha value is -0.610. The second-order valence-corrected chi connectivity index (χ2v) is 6.21. The normalized spacial score (nSPS) is 25.1. The summed E-state index contributed by atoms with van der Waals surface area (Å²) in [5, 5.41) is 0.735. The molecule has 3 nitrogen and oxygen atoms in total. The van der Waals surface area contributed by atoms with E-state index < -0.39 is 0 Å². The Balaban J connectivity index is 1.70. The number of halogens is 1. The molecule has 1 saturated heterocycles. The largest absolute Gasteiger partial charge is 0.488 e. The molecule has 1 aliphatic heterocycles. The summed E-state index contributed by atoms with van der Waals surface area (Å²) in [6.45, 7) is 2.83. The van der Waals surface area contributed by atoms with Crippen LogP contribution in [-0.2, 0) is 10.1 Å². The summed E-state index contributed by atoms with van der Waals surface area (Å²) in [4.78, 5) is 4.52. The van der Waals surface area contributed by atoms with Crippen molar-refractivity contribution in [3.8, 4) is 5.75 Å². The lowest BCUT2D eigenvalue weighted by Gasteiger charge is -2.46. The Kier molecular flexibility index (Phi) is 3.81. The number of aromatic nitrogens is 1. The van der Waals surface area contributed by atoms with Gasteiger partial charge in [-0.3, -0.25) is 4.98 Å². The third-order valence-electron chi connectivity index (χ3n) is 4.20. The van der Waals surface area contributed by atoms with Gasteiger partial charge in [0, 0.05) is 23.9 Å². The number of pyridine rings is 1. The number of hydrogen-bond acceptors (Lipinski definition) is 3. The minimum atomic E-state index is 0.135. The summed E-state index contributed by atoms with van der Waals surface area (Å²) in [5.74, 6) is 0.920. The van der Waals surface area contributed by atoms with E-state index in [0.29, 0.717) is 0 Å². The number of rotatable bonds is 3.